The van der Waals surface area contributed by atoms with Crippen molar-refractivity contribution in [2.75, 3.05) is 6.61 Å². The summed E-state index contributed by atoms with van der Waals surface area (Å²) in [6.45, 7) is -3.09. The average molecular weight is 467 g/mol. The van der Waals surface area contributed by atoms with Crippen molar-refractivity contribution >= 4 is 17.6 Å². The molecule has 0 spiro atoms. The third-order valence-corrected chi connectivity index (χ3v) is 3.62. The molecule has 0 fully saturated rings. The van der Waals surface area contributed by atoms with Crippen LogP contribution in [0.1, 0.15) is 18.4 Å². The molecule has 0 heterocycles. The molecule has 0 aliphatic carbocycles. The topological polar surface area (TPSA) is 95.7 Å². The largest absolute Gasteiger partial charge is 0.461 e. The molecule has 0 amide bonds. The third-order valence-electron chi connectivity index (χ3n) is 3.62. The summed E-state index contributed by atoms with van der Waals surface area (Å²) in [6.07, 6.45) is -6.89. The van der Waals surface area contributed by atoms with Crippen molar-refractivity contribution in [3.8, 4) is 0 Å². The fourth-order valence-corrected chi connectivity index (χ4v) is 1.91. The molecule has 0 saturated carbocycles. The number of hydrogen-bond donors (Lipinski definition) is 0. The first-order chi connectivity index (χ1) is 14.1. The molecule has 0 atom stereocenters. The number of carbonyl (C=O) groups is 2. The van der Waals surface area contributed by atoms with Crippen LogP contribution in [0.25, 0.3) is 0 Å². The Morgan fingerprint density at radius 2 is 1.55 bits per heavy atom. The number of nitro benzene ring substituents is 1. The highest BCUT2D eigenvalue weighted by Gasteiger charge is 2.75. The molecule has 0 radical (unpaired) electrons. The number of rotatable bonds is 11. The van der Waals surface area contributed by atoms with E-state index in [0.717, 1.165) is 12.1 Å². The van der Waals surface area contributed by atoms with Crippen LogP contribution in [0.3, 0.4) is 0 Å². The van der Waals surface area contributed by atoms with E-state index in [1.807, 2.05) is 0 Å². The van der Waals surface area contributed by atoms with Gasteiger partial charge in [0.25, 0.3) is 5.69 Å². The van der Waals surface area contributed by atoms with E-state index >= 15 is 0 Å². The summed E-state index contributed by atoms with van der Waals surface area (Å²) in [4.78, 5) is 32.7. The van der Waals surface area contributed by atoms with Crippen molar-refractivity contribution in [2.24, 2.45) is 0 Å². The summed E-state index contributed by atoms with van der Waals surface area (Å²) in [5, 5.41) is 10.6. The molecule has 0 N–H and O–H groups in total. The maximum atomic E-state index is 13.2. The number of halogens is 8. The Labute approximate surface area is 168 Å². The maximum Gasteiger partial charge on any atom is 0.381 e. The van der Waals surface area contributed by atoms with Gasteiger partial charge in [0.05, 0.1) is 17.8 Å². The standard InChI is InChI=1S/C16H13F8NO6/c17-13(18)15(21,22)16(23,24)14(19,20)8-31-12(27)5-4-11(26)30-7-9-2-1-3-10(6-9)25(28)29/h1-3,6,13H,4-5,7-8H2. The van der Waals surface area contributed by atoms with E-state index in [1.165, 1.54) is 12.1 Å². The molecule has 0 bridgehead atoms. The highest BCUT2D eigenvalue weighted by atomic mass is 19.4. The zero-order chi connectivity index (χ0) is 24.0. The lowest BCUT2D eigenvalue weighted by molar-refractivity contribution is -0.384. The van der Waals surface area contributed by atoms with E-state index in [0.29, 0.717) is 0 Å². The van der Waals surface area contributed by atoms with Gasteiger partial charge in [-0.15, -0.1) is 0 Å². The minimum absolute atomic E-state index is 0.201. The fourth-order valence-electron chi connectivity index (χ4n) is 1.91. The van der Waals surface area contributed by atoms with Crippen molar-refractivity contribution in [3.63, 3.8) is 0 Å². The highest BCUT2D eigenvalue weighted by Crippen LogP contribution is 2.48. The molecule has 0 aliphatic heterocycles. The lowest BCUT2D eigenvalue weighted by Gasteiger charge is -2.31. The van der Waals surface area contributed by atoms with Gasteiger partial charge in [0.15, 0.2) is 6.61 Å². The maximum absolute atomic E-state index is 13.2. The van der Waals surface area contributed by atoms with Crippen LogP contribution in [0.2, 0.25) is 0 Å². The first kappa shape index (κ1) is 26.0. The van der Waals surface area contributed by atoms with Crippen LogP contribution >= 0.6 is 0 Å². The van der Waals surface area contributed by atoms with Gasteiger partial charge >= 0.3 is 36.1 Å². The Bertz CT molecular complexity index is 817. The number of carbonyl (C=O) groups excluding carboxylic acids is 2. The first-order valence-corrected chi connectivity index (χ1v) is 8.08. The van der Waals surface area contributed by atoms with Crippen LogP contribution in [0, 0.1) is 10.1 Å². The van der Waals surface area contributed by atoms with Gasteiger partial charge in [-0.1, -0.05) is 12.1 Å². The Morgan fingerprint density at radius 3 is 2.06 bits per heavy atom. The molecule has 15 heteroatoms. The van der Waals surface area contributed by atoms with E-state index in [-0.39, 0.29) is 11.3 Å². The Hall–Kier alpha value is -3.00. The van der Waals surface area contributed by atoms with Gasteiger partial charge in [-0.3, -0.25) is 19.7 Å². The lowest BCUT2D eigenvalue weighted by atomic mass is 10.1. The number of nitrogens with zero attached hydrogens (tertiary/aromatic N) is 1. The minimum Gasteiger partial charge on any atom is -0.461 e. The van der Waals surface area contributed by atoms with Gasteiger partial charge in [0.1, 0.15) is 6.61 Å². The Morgan fingerprint density at radius 1 is 1.00 bits per heavy atom. The number of esters is 2. The van der Waals surface area contributed by atoms with E-state index < -0.39 is 67.1 Å². The summed E-state index contributed by atoms with van der Waals surface area (Å²) in [5.74, 6) is -21.5. The Balaban J connectivity index is 2.52. The van der Waals surface area contributed by atoms with Crippen LogP contribution in [0.5, 0.6) is 0 Å². The molecule has 0 aliphatic rings. The SMILES string of the molecule is O=C(CCC(=O)OCC(F)(F)C(F)(F)C(F)(F)C(F)F)OCc1cccc([N+](=O)[O-])c1. The van der Waals surface area contributed by atoms with Crippen LogP contribution < -0.4 is 0 Å². The second-order valence-corrected chi connectivity index (χ2v) is 5.95. The number of benzene rings is 1. The monoisotopic (exact) mass is 467 g/mol. The van der Waals surface area contributed by atoms with Crippen LogP contribution in [0.4, 0.5) is 40.8 Å². The molecule has 174 valence electrons. The molecule has 7 nitrogen and oxygen atoms in total. The molecular formula is C16H13F8NO6. The molecule has 0 saturated heterocycles. The lowest BCUT2D eigenvalue weighted by Crippen LogP contribution is -2.59. The average Bonchev–Trinajstić information content (AvgIpc) is 2.68. The quantitative estimate of drug-likeness (QED) is 0.210. The molecule has 1 rings (SSSR count). The normalized spacial score (nSPS) is 12.5. The molecule has 0 unspecified atom stereocenters. The predicted octanol–water partition coefficient (Wildman–Crippen LogP) is 4.13. The van der Waals surface area contributed by atoms with E-state index in [2.05, 4.69) is 9.47 Å². The van der Waals surface area contributed by atoms with Crippen LogP contribution in [-0.4, -0.2) is 47.7 Å². The van der Waals surface area contributed by atoms with Crippen molar-refractivity contribution < 1.29 is 59.1 Å². The number of nitro groups is 1. The van der Waals surface area contributed by atoms with Crippen molar-refractivity contribution in [2.45, 2.75) is 43.6 Å². The molecule has 1 aromatic carbocycles. The molecule has 31 heavy (non-hydrogen) atoms. The van der Waals surface area contributed by atoms with Crippen molar-refractivity contribution in [3.05, 3.63) is 39.9 Å². The second kappa shape index (κ2) is 9.87. The summed E-state index contributed by atoms with van der Waals surface area (Å²) >= 11 is 0. The van der Waals surface area contributed by atoms with E-state index in [9.17, 15) is 54.8 Å². The predicted molar refractivity (Wildman–Crippen MR) is 83.9 cm³/mol. The van der Waals surface area contributed by atoms with Gasteiger partial charge in [0, 0.05) is 12.1 Å². The number of alkyl halides is 8. The zero-order valence-corrected chi connectivity index (χ0v) is 15.1. The summed E-state index contributed by atoms with van der Waals surface area (Å²) < 4.78 is 110. The second-order valence-electron chi connectivity index (χ2n) is 5.95. The van der Waals surface area contributed by atoms with Crippen LogP contribution in [-0.2, 0) is 25.7 Å². The summed E-state index contributed by atoms with van der Waals surface area (Å²) in [5.41, 5.74) is -0.0979. The van der Waals surface area contributed by atoms with Gasteiger partial charge in [-0.25, -0.2) is 8.78 Å². The van der Waals surface area contributed by atoms with Gasteiger partial charge < -0.3 is 9.47 Å². The highest BCUT2D eigenvalue weighted by molar-refractivity contribution is 5.77. The molecular weight excluding hydrogens is 454 g/mol. The third kappa shape index (κ3) is 6.49. The smallest absolute Gasteiger partial charge is 0.381 e. The number of ether oxygens (including phenoxy) is 2. The number of non-ortho nitro benzene ring substituents is 1. The number of hydrogen-bond acceptors (Lipinski definition) is 6. The van der Waals surface area contributed by atoms with E-state index in [1.54, 1.807) is 0 Å². The van der Waals surface area contributed by atoms with Crippen molar-refractivity contribution in [1.82, 2.24) is 0 Å². The molecule has 1 aromatic rings. The summed E-state index contributed by atoms with van der Waals surface area (Å²) in [6, 6.07) is 4.91. The Kier molecular flexibility index (Phi) is 8.29. The zero-order valence-electron chi connectivity index (χ0n) is 15.1. The van der Waals surface area contributed by atoms with Gasteiger partial charge in [-0.2, -0.15) is 26.3 Å². The summed E-state index contributed by atoms with van der Waals surface area (Å²) in [7, 11) is 0. The van der Waals surface area contributed by atoms with Crippen LogP contribution in [0.15, 0.2) is 24.3 Å². The fraction of sp³-hybridized carbons (Fsp3) is 0.500. The van der Waals surface area contributed by atoms with Crippen molar-refractivity contribution in [1.29, 1.82) is 0 Å². The molecule has 0 aromatic heterocycles. The van der Waals surface area contributed by atoms with E-state index in [4.69, 9.17) is 0 Å². The van der Waals surface area contributed by atoms with Gasteiger partial charge in [0.2, 0.25) is 0 Å². The van der Waals surface area contributed by atoms with Gasteiger partial charge in [-0.05, 0) is 5.56 Å². The first-order valence-electron chi connectivity index (χ1n) is 8.08. The minimum atomic E-state index is -6.52.